The van der Waals surface area contributed by atoms with Gasteiger partial charge in [0.15, 0.2) is 0 Å². The van der Waals surface area contributed by atoms with Crippen molar-refractivity contribution in [3.63, 3.8) is 0 Å². The van der Waals surface area contributed by atoms with Crippen molar-refractivity contribution < 1.29 is 0 Å². The summed E-state index contributed by atoms with van der Waals surface area (Å²) in [6.45, 7) is 7.32. The molecular formula is C16H22N4S. The number of piperidine rings is 1. The van der Waals surface area contributed by atoms with Crippen molar-refractivity contribution >= 4 is 12.2 Å². The molecule has 0 saturated carbocycles. The number of hydrogen-bond donors (Lipinski definition) is 0. The van der Waals surface area contributed by atoms with Crippen LogP contribution in [-0.4, -0.2) is 32.3 Å². The zero-order valence-electron chi connectivity index (χ0n) is 12.7. The molecule has 1 aromatic heterocycles. The van der Waals surface area contributed by atoms with Gasteiger partial charge < -0.3 is 0 Å². The van der Waals surface area contributed by atoms with Crippen molar-refractivity contribution in [2.75, 3.05) is 13.1 Å². The van der Waals surface area contributed by atoms with Gasteiger partial charge in [-0.25, -0.2) is 4.68 Å². The Labute approximate surface area is 131 Å². The normalized spacial score (nSPS) is 16.3. The summed E-state index contributed by atoms with van der Waals surface area (Å²) in [5.74, 6) is 0. The standard InChI is InChI=1S/C16H22N4S/c1-13-6-7-14(2)15(10-13)19-11-17-20(16(19)21)12-18-8-4-3-5-9-18/h6-7,10-11H,3-5,8-9,12H2,1-2H3. The van der Waals surface area contributed by atoms with Crippen LogP contribution in [0.4, 0.5) is 0 Å². The number of aryl methyl sites for hydroxylation is 2. The minimum absolute atomic E-state index is 0.772. The van der Waals surface area contributed by atoms with Gasteiger partial charge >= 0.3 is 0 Å². The second-order valence-electron chi connectivity index (χ2n) is 5.89. The molecule has 0 aliphatic carbocycles. The molecule has 21 heavy (non-hydrogen) atoms. The van der Waals surface area contributed by atoms with Gasteiger partial charge in [0.05, 0.1) is 12.4 Å². The summed E-state index contributed by atoms with van der Waals surface area (Å²) in [7, 11) is 0. The summed E-state index contributed by atoms with van der Waals surface area (Å²) < 4.78 is 4.72. The zero-order valence-corrected chi connectivity index (χ0v) is 13.6. The van der Waals surface area contributed by atoms with Crippen LogP contribution in [0, 0.1) is 18.6 Å². The number of likely N-dealkylation sites (tertiary alicyclic amines) is 1. The first-order valence-electron chi connectivity index (χ1n) is 7.59. The molecule has 2 heterocycles. The van der Waals surface area contributed by atoms with Gasteiger partial charge in [0.2, 0.25) is 4.77 Å². The van der Waals surface area contributed by atoms with Crippen LogP contribution in [0.2, 0.25) is 0 Å². The minimum Gasteiger partial charge on any atom is -0.284 e. The molecule has 0 atom stereocenters. The third kappa shape index (κ3) is 3.09. The third-order valence-electron chi connectivity index (χ3n) is 4.14. The first kappa shape index (κ1) is 14.5. The fourth-order valence-corrected chi connectivity index (χ4v) is 3.12. The molecule has 0 radical (unpaired) electrons. The Morgan fingerprint density at radius 3 is 2.67 bits per heavy atom. The van der Waals surface area contributed by atoms with Crippen LogP contribution in [0.1, 0.15) is 30.4 Å². The lowest BCUT2D eigenvalue weighted by Gasteiger charge is -2.25. The Morgan fingerprint density at radius 1 is 1.14 bits per heavy atom. The molecule has 1 aliphatic rings. The maximum atomic E-state index is 5.62. The van der Waals surface area contributed by atoms with Gasteiger partial charge in [-0.1, -0.05) is 18.6 Å². The molecule has 1 fully saturated rings. The maximum Gasteiger partial charge on any atom is 0.203 e. The highest BCUT2D eigenvalue weighted by Gasteiger charge is 2.13. The van der Waals surface area contributed by atoms with Gasteiger partial charge in [-0.2, -0.15) is 5.10 Å². The van der Waals surface area contributed by atoms with E-state index in [4.69, 9.17) is 12.2 Å². The lowest BCUT2D eigenvalue weighted by atomic mass is 10.1. The number of aromatic nitrogens is 3. The van der Waals surface area contributed by atoms with Crippen LogP contribution in [0.15, 0.2) is 24.5 Å². The lowest BCUT2D eigenvalue weighted by Crippen LogP contribution is -2.32. The second kappa shape index (κ2) is 6.12. The van der Waals surface area contributed by atoms with Crippen molar-refractivity contribution in [2.45, 2.75) is 39.8 Å². The Hall–Kier alpha value is -1.46. The summed E-state index contributed by atoms with van der Waals surface area (Å²) in [6, 6.07) is 6.42. The maximum absolute atomic E-state index is 5.62. The highest BCUT2D eigenvalue weighted by Crippen LogP contribution is 2.17. The van der Waals surface area contributed by atoms with Gasteiger partial charge in [0.25, 0.3) is 0 Å². The lowest BCUT2D eigenvalue weighted by molar-refractivity contribution is 0.172. The van der Waals surface area contributed by atoms with E-state index >= 15 is 0 Å². The van der Waals surface area contributed by atoms with Gasteiger partial charge in [-0.15, -0.1) is 0 Å². The van der Waals surface area contributed by atoms with Crippen LogP contribution >= 0.6 is 12.2 Å². The van der Waals surface area contributed by atoms with E-state index in [0.29, 0.717) is 0 Å². The van der Waals surface area contributed by atoms with Gasteiger partial charge in [0.1, 0.15) is 6.33 Å². The quantitative estimate of drug-likeness (QED) is 0.812. The smallest absolute Gasteiger partial charge is 0.203 e. The Bertz CT molecular complexity index is 680. The molecule has 0 amide bonds. The average Bonchev–Trinajstić information content (AvgIpc) is 2.84. The van der Waals surface area contributed by atoms with Crippen molar-refractivity contribution in [3.05, 3.63) is 40.4 Å². The fourth-order valence-electron chi connectivity index (χ4n) is 2.87. The molecule has 4 nitrogen and oxygen atoms in total. The predicted octanol–water partition coefficient (Wildman–Crippen LogP) is 3.46. The molecule has 2 aromatic rings. The number of hydrogen-bond acceptors (Lipinski definition) is 3. The van der Waals surface area contributed by atoms with Crippen LogP contribution in [0.5, 0.6) is 0 Å². The highest BCUT2D eigenvalue weighted by atomic mass is 32.1. The van der Waals surface area contributed by atoms with E-state index in [9.17, 15) is 0 Å². The molecule has 1 aliphatic heterocycles. The molecule has 0 unspecified atom stereocenters. The second-order valence-corrected chi connectivity index (χ2v) is 6.26. The summed E-state index contributed by atoms with van der Waals surface area (Å²) >= 11 is 5.62. The molecule has 3 rings (SSSR count). The first-order valence-corrected chi connectivity index (χ1v) is 8.00. The number of nitrogens with zero attached hydrogens (tertiary/aromatic N) is 4. The van der Waals surface area contributed by atoms with Crippen molar-refractivity contribution in [1.82, 2.24) is 19.2 Å². The Kier molecular flexibility index (Phi) is 4.22. The van der Waals surface area contributed by atoms with Crippen LogP contribution in [-0.2, 0) is 6.67 Å². The predicted molar refractivity (Wildman–Crippen MR) is 87.3 cm³/mol. The van der Waals surface area contributed by atoms with Crippen molar-refractivity contribution in [2.24, 2.45) is 0 Å². The molecular weight excluding hydrogens is 280 g/mol. The summed E-state index contributed by atoms with van der Waals surface area (Å²) in [5, 5.41) is 4.49. The van der Waals surface area contributed by atoms with Crippen LogP contribution < -0.4 is 0 Å². The average molecular weight is 302 g/mol. The SMILES string of the molecule is Cc1ccc(C)c(-n2cnn(CN3CCCCC3)c2=S)c1. The third-order valence-corrected chi connectivity index (χ3v) is 4.55. The van der Waals surface area contributed by atoms with E-state index in [-0.39, 0.29) is 0 Å². The zero-order chi connectivity index (χ0) is 14.8. The Morgan fingerprint density at radius 2 is 1.90 bits per heavy atom. The molecule has 112 valence electrons. The molecule has 0 bridgehead atoms. The van der Waals surface area contributed by atoms with E-state index in [1.165, 1.54) is 30.4 Å². The van der Waals surface area contributed by atoms with Crippen molar-refractivity contribution in [3.8, 4) is 5.69 Å². The highest BCUT2D eigenvalue weighted by molar-refractivity contribution is 7.71. The van der Waals surface area contributed by atoms with E-state index < -0.39 is 0 Å². The van der Waals surface area contributed by atoms with Crippen molar-refractivity contribution in [1.29, 1.82) is 0 Å². The van der Waals surface area contributed by atoms with E-state index in [0.717, 1.165) is 30.2 Å². The van der Waals surface area contributed by atoms with Crippen LogP contribution in [0.3, 0.4) is 0 Å². The molecule has 1 saturated heterocycles. The molecule has 5 heteroatoms. The number of benzene rings is 1. The topological polar surface area (TPSA) is 26.0 Å². The summed E-state index contributed by atoms with van der Waals surface area (Å²) in [4.78, 5) is 2.43. The van der Waals surface area contributed by atoms with Gasteiger partial charge in [0, 0.05) is 0 Å². The molecule has 0 N–H and O–H groups in total. The summed E-state index contributed by atoms with van der Waals surface area (Å²) in [5.41, 5.74) is 3.58. The van der Waals surface area contributed by atoms with Gasteiger partial charge in [-0.3, -0.25) is 9.47 Å². The largest absolute Gasteiger partial charge is 0.284 e. The van der Waals surface area contributed by atoms with Gasteiger partial charge in [-0.05, 0) is 69.2 Å². The fraction of sp³-hybridized carbons (Fsp3) is 0.500. The monoisotopic (exact) mass is 302 g/mol. The molecule has 0 spiro atoms. The Balaban J connectivity index is 1.88. The first-order chi connectivity index (χ1) is 10.1. The summed E-state index contributed by atoms with van der Waals surface area (Å²) in [6.07, 6.45) is 5.75. The van der Waals surface area contributed by atoms with E-state index in [1.54, 1.807) is 0 Å². The van der Waals surface area contributed by atoms with E-state index in [2.05, 4.69) is 42.0 Å². The molecule has 1 aromatic carbocycles. The minimum atomic E-state index is 0.772. The van der Waals surface area contributed by atoms with Crippen LogP contribution in [0.25, 0.3) is 5.69 Å². The van der Waals surface area contributed by atoms with E-state index in [1.807, 2.05) is 15.6 Å². The number of rotatable bonds is 3.